The van der Waals surface area contributed by atoms with Crippen molar-refractivity contribution >= 4 is 5.91 Å². The second-order valence-electron chi connectivity index (χ2n) is 4.44. The number of hydroxylamine groups is 1. The minimum absolute atomic E-state index is 0.195. The average Bonchev–Trinajstić information content (AvgIpc) is 2.74. The van der Waals surface area contributed by atoms with Crippen molar-refractivity contribution in [3.8, 4) is 0 Å². The quantitative estimate of drug-likeness (QED) is 0.733. The van der Waals surface area contributed by atoms with Crippen LogP contribution < -0.4 is 5.48 Å². The normalized spacial score (nSPS) is 34.9. The van der Waals surface area contributed by atoms with Crippen molar-refractivity contribution in [3.05, 3.63) is 0 Å². The third-order valence-corrected chi connectivity index (χ3v) is 3.07. The van der Waals surface area contributed by atoms with Crippen molar-refractivity contribution in [2.75, 3.05) is 13.2 Å². The lowest BCUT2D eigenvalue weighted by Gasteiger charge is -2.23. The van der Waals surface area contributed by atoms with E-state index in [9.17, 15) is 4.79 Å². The average molecular weight is 229 g/mol. The molecule has 5 heteroatoms. The summed E-state index contributed by atoms with van der Waals surface area (Å²) < 4.78 is 10.7. The van der Waals surface area contributed by atoms with Crippen LogP contribution in [-0.4, -0.2) is 31.5 Å². The lowest BCUT2D eigenvalue weighted by molar-refractivity contribution is -0.204. The molecule has 2 aliphatic heterocycles. The standard InChI is InChI=1S/C11H19NO4/c1-8-5-7-15-10(8)11(13)12-16-9-4-2-3-6-14-9/h8-10H,2-7H2,1H3,(H,12,13). The molecule has 2 fully saturated rings. The minimum Gasteiger partial charge on any atom is -0.368 e. The highest BCUT2D eigenvalue weighted by atomic mass is 16.8. The van der Waals surface area contributed by atoms with Crippen LogP contribution in [-0.2, 0) is 19.1 Å². The fourth-order valence-electron chi connectivity index (χ4n) is 2.02. The number of carbonyl (C=O) groups excluding carboxylic acids is 1. The Morgan fingerprint density at radius 2 is 2.12 bits per heavy atom. The fourth-order valence-corrected chi connectivity index (χ4v) is 2.02. The third kappa shape index (κ3) is 2.93. The number of rotatable bonds is 3. The van der Waals surface area contributed by atoms with E-state index in [0.29, 0.717) is 13.2 Å². The van der Waals surface area contributed by atoms with E-state index in [1.807, 2.05) is 6.92 Å². The third-order valence-electron chi connectivity index (χ3n) is 3.07. The van der Waals surface area contributed by atoms with Crippen LogP contribution in [0.1, 0.15) is 32.6 Å². The van der Waals surface area contributed by atoms with E-state index in [4.69, 9.17) is 14.3 Å². The van der Waals surface area contributed by atoms with Gasteiger partial charge in [-0.05, 0) is 25.2 Å². The maximum absolute atomic E-state index is 11.7. The molecule has 0 spiro atoms. The van der Waals surface area contributed by atoms with E-state index >= 15 is 0 Å². The minimum atomic E-state index is -0.372. The largest absolute Gasteiger partial charge is 0.368 e. The van der Waals surface area contributed by atoms with Gasteiger partial charge in [0, 0.05) is 19.6 Å². The molecule has 2 heterocycles. The molecule has 3 atom stereocenters. The van der Waals surface area contributed by atoms with Gasteiger partial charge in [-0.1, -0.05) is 6.92 Å². The van der Waals surface area contributed by atoms with E-state index < -0.39 is 0 Å². The second kappa shape index (κ2) is 5.61. The lowest BCUT2D eigenvalue weighted by Crippen LogP contribution is -2.40. The molecule has 0 aliphatic carbocycles. The molecular formula is C11H19NO4. The highest BCUT2D eigenvalue weighted by Gasteiger charge is 2.31. The highest BCUT2D eigenvalue weighted by Crippen LogP contribution is 2.20. The molecule has 0 bridgehead atoms. The Labute approximate surface area is 95.4 Å². The molecule has 0 aromatic rings. The molecule has 3 unspecified atom stereocenters. The molecule has 0 radical (unpaired) electrons. The summed E-state index contributed by atoms with van der Waals surface area (Å²) in [6, 6.07) is 0. The Hall–Kier alpha value is -0.650. The van der Waals surface area contributed by atoms with Crippen LogP contribution in [0.2, 0.25) is 0 Å². The first-order valence-electron chi connectivity index (χ1n) is 5.96. The van der Waals surface area contributed by atoms with Crippen LogP contribution in [0.25, 0.3) is 0 Å². The highest BCUT2D eigenvalue weighted by molar-refractivity contribution is 5.80. The summed E-state index contributed by atoms with van der Waals surface area (Å²) in [5, 5.41) is 0. The van der Waals surface area contributed by atoms with Gasteiger partial charge in [-0.25, -0.2) is 10.3 Å². The molecule has 0 aromatic carbocycles. The van der Waals surface area contributed by atoms with Crippen molar-refractivity contribution in [3.63, 3.8) is 0 Å². The van der Waals surface area contributed by atoms with Gasteiger partial charge in [0.25, 0.3) is 5.91 Å². The summed E-state index contributed by atoms with van der Waals surface area (Å²) in [5.41, 5.74) is 2.44. The Morgan fingerprint density at radius 3 is 2.75 bits per heavy atom. The summed E-state index contributed by atoms with van der Waals surface area (Å²) >= 11 is 0. The molecular weight excluding hydrogens is 210 g/mol. The van der Waals surface area contributed by atoms with Crippen LogP contribution in [0, 0.1) is 5.92 Å². The molecule has 16 heavy (non-hydrogen) atoms. The Balaban J connectivity index is 1.70. The summed E-state index contributed by atoms with van der Waals surface area (Å²) in [4.78, 5) is 16.9. The van der Waals surface area contributed by atoms with Crippen LogP contribution in [0.15, 0.2) is 0 Å². The topological polar surface area (TPSA) is 56.8 Å². The fraction of sp³-hybridized carbons (Fsp3) is 0.909. The zero-order valence-electron chi connectivity index (χ0n) is 9.61. The van der Waals surface area contributed by atoms with Crippen molar-refractivity contribution in [2.24, 2.45) is 5.92 Å². The predicted octanol–water partition coefficient (Wildman–Crippen LogP) is 0.986. The molecule has 2 aliphatic rings. The van der Waals surface area contributed by atoms with Gasteiger partial charge in [-0.3, -0.25) is 4.79 Å². The molecule has 5 nitrogen and oxygen atoms in total. The Kier molecular flexibility index (Phi) is 4.15. The Morgan fingerprint density at radius 1 is 1.25 bits per heavy atom. The summed E-state index contributed by atoms with van der Waals surface area (Å²) in [5.74, 6) is 0.0649. The van der Waals surface area contributed by atoms with Gasteiger partial charge >= 0.3 is 0 Å². The number of nitrogens with one attached hydrogen (secondary N) is 1. The van der Waals surface area contributed by atoms with Crippen LogP contribution in [0.4, 0.5) is 0 Å². The Bertz CT molecular complexity index is 240. The number of hydrogen-bond donors (Lipinski definition) is 1. The van der Waals surface area contributed by atoms with Crippen LogP contribution >= 0.6 is 0 Å². The van der Waals surface area contributed by atoms with E-state index in [2.05, 4.69) is 5.48 Å². The van der Waals surface area contributed by atoms with E-state index in [0.717, 1.165) is 25.7 Å². The van der Waals surface area contributed by atoms with Gasteiger partial charge < -0.3 is 9.47 Å². The smallest absolute Gasteiger partial charge is 0.273 e. The monoisotopic (exact) mass is 229 g/mol. The number of carbonyl (C=O) groups is 1. The van der Waals surface area contributed by atoms with Gasteiger partial charge in [0.05, 0.1) is 0 Å². The number of amides is 1. The second-order valence-corrected chi connectivity index (χ2v) is 4.44. The molecule has 0 aromatic heterocycles. The number of ether oxygens (including phenoxy) is 2. The lowest BCUT2D eigenvalue weighted by atomic mass is 10.0. The van der Waals surface area contributed by atoms with Gasteiger partial charge in [0.2, 0.25) is 0 Å². The van der Waals surface area contributed by atoms with E-state index in [-0.39, 0.29) is 24.2 Å². The van der Waals surface area contributed by atoms with Crippen molar-refractivity contribution in [2.45, 2.75) is 45.0 Å². The van der Waals surface area contributed by atoms with Gasteiger partial charge in [0.1, 0.15) is 6.10 Å². The van der Waals surface area contributed by atoms with Crippen LogP contribution in [0.3, 0.4) is 0 Å². The van der Waals surface area contributed by atoms with Gasteiger partial charge in [-0.15, -0.1) is 0 Å². The maximum atomic E-state index is 11.7. The maximum Gasteiger partial charge on any atom is 0.273 e. The first-order valence-corrected chi connectivity index (χ1v) is 5.96. The van der Waals surface area contributed by atoms with Crippen molar-refractivity contribution in [1.82, 2.24) is 5.48 Å². The summed E-state index contributed by atoms with van der Waals surface area (Å²) in [6.45, 7) is 3.37. The SMILES string of the molecule is CC1CCOC1C(=O)NOC1CCCCO1. The molecule has 1 N–H and O–H groups in total. The van der Waals surface area contributed by atoms with Crippen molar-refractivity contribution in [1.29, 1.82) is 0 Å². The van der Waals surface area contributed by atoms with E-state index in [1.54, 1.807) is 0 Å². The number of hydrogen-bond acceptors (Lipinski definition) is 4. The zero-order chi connectivity index (χ0) is 11.4. The molecule has 92 valence electrons. The molecule has 1 amide bonds. The summed E-state index contributed by atoms with van der Waals surface area (Å²) in [6.07, 6.45) is 3.24. The first-order chi connectivity index (χ1) is 7.77. The van der Waals surface area contributed by atoms with Gasteiger partial charge in [-0.2, -0.15) is 0 Å². The predicted molar refractivity (Wildman–Crippen MR) is 56.3 cm³/mol. The van der Waals surface area contributed by atoms with Gasteiger partial charge in [0.15, 0.2) is 6.29 Å². The van der Waals surface area contributed by atoms with E-state index in [1.165, 1.54) is 0 Å². The van der Waals surface area contributed by atoms with Crippen molar-refractivity contribution < 1.29 is 19.1 Å². The molecule has 2 rings (SSSR count). The first kappa shape index (κ1) is 11.8. The zero-order valence-corrected chi connectivity index (χ0v) is 9.61. The molecule has 2 saturated heterocycles. The van der Waals surface area contributed by atoms with Crippen LogP contribution in [0.5, 0.6) is 0 Å². The summed E-state index contributed by atoms with van der Waals surface area (Å²) in [7, 11) is 0. The molecule has 0 saturated carbocycles.